The van der Waals surface area contributed by atoms with Crippen LogP contribution in [0.25, 0.3) is 0 Å². The third-order valence-electron chi connectivity index (χ3n) is 6.25. The molecule has 1 aliphatic carbocycles. The van der Waals surface area contributed by atoms with Gasteiger partial charge in [-0.05, 0) is 48.7 Å². The summed E-state index contributed by atoms with van der Waals surface area (Å²) in [6, 6.07) is 7.85. The highest BCUT2D eigenvalue weighted by Crippen LogP contribution is 2.36. The van der Waals surface area contributed by atoms with E-state index in [1.807, 2.05) is 24.3 Å². The molecular formula is C21H28ClN3OS. The summed E-state index contributed by atoms with van der Waals surface area (Å²) in [4.78, 5) is 8.23. The molecule has 2 aliphatic heterocycles. The van der Waals surface area contributed by atoms with Crippen LogP contribution in [0.2, 0.25) is 5.02 Å². The highest BCUT2D eigenvalue weighted by atomic mass is 35.5. The monoisotopic (exact) mass is 405 g/mol. The fourth-order valence-corrected chi connectivity index (χ4v) is 4.83. The van der Waals surface area contributed by atoms with Crippen LogP contribution in [0.1, 0.15) is 56.9 Å². The lowest BCUT2D eigenvalue weighted by Crippen LogP contribution is -2.50. The van der Waals surface area contributed by atoms with E-state index < -0.39 is 0 Å². The lowest BCUT2D eigenvalue weighted by Gasteiger charge is -2.38. The Balaban J connectivity index is 1.25. The minimum absolute atomic E-state index is 0.162. The van der Waals surface area contributed by atoms with E-state index in [0.29, 0.717) is 0 Å². The van der Waals surface area contributed by atoms with Crippen LogP contribution in [0.5, 0.6) is 0 Å². The van der Waals surface area contributed by atoms with Crippen molar-refractivity contribution in [3.63, 3.8) is 0 Å². The number of benzene rings is 1. The van der Waals surface area contributed by atoms with E-state index in [4.69, 9.17) is 28.7 Å². The van der Waals surface area contributed by atoms with E-state index in [1.165, 1.54) is 32.1 Å². The Hall–Kier alpha value is -1.33. The van der Waals surface area contributed by atoms with Crippen LogP contribution < -0.4 is 5.32 Å². The topological polar surface area (TPSA) is 36.9 Å². The first kappa shape index (κ1) is 19.0. The van der Waals surface area contributed by atoms with E-state index in [2.05, 4.69) is 15.4 Å². The molecule has 0 unspecified atom stereocenters. The van der Waals surface area contributed by atoms with Gasteiger partial charge in [0.05, 0.1) is 5.71 Å². The number of rotatable bonds is 3. The maximum absolute atomic E-state index is 5.99. The van der Waals surface area contributed by atoms with E-state index in [0.717, 1.165) is 66.2 Å². The zero-order valence-electron chi connectivity index (χ0n) is 15.8. The van der Waals surface area contributed by atoms with Crippen molar-refractivity contribution in [3.8, 4) is 0 Å². The first-order valence-electron chi connectivity index (χ1n) is 10.2. The summed E-state index contributed by atoms with van der Waals surface area (Å²) < 4.78 is 0. The number of oxime groups is 1. The highest BCUT2D eigenvalue weighted by molar-refractivity contribution is 7.80. The predicted octanol–water partition coefficient (Wildman–Crippen LogP) is 4.75. The molecule has 0 aromatic heterocycles. The van der Waals surface area contributed by atoms with Crippen LogP contribution in [0.4, 0.5) is 0 Å². The van der Waals surface area contributed by atoms with Crippen LogP contribution in [0.3, 0.4) is 0 Å². The third kappa shape index (κ3) is 4.57. The number of nitrogens with one attached hydrogen (secondary N) is 1. The molecule has 6 heteroatoms. The summed E-state index contributed by atoms with van der Waals surface area (Å²) in [5, 5.41) is 9.56. The first-order chi connectivity index (χ1) is 13.1. The normalized spacial score (nSPS) is 22.4. The van der Waals surface area contributed by atoms with Crippen molar-refractivity contribution >= 4 is 34.6 Å². The van der Waals surface area contributed by atoms with E-state index in [9.17, 15) is 0 Å². The maximum atomic E-state index is 5.99. The van der Waals surface area contributed by atoms with Gasteiger partial charge in [0.1, 0.15) is 5.60 Å². The largest absolute Gasteiger partial charge is 0.388 e. The average molecular weight is 406 g/mol. The molecule has 1 aromatic rings. The summed E-state index contributed by atoms with van der Waals surface area (Å²) >= 11 is 11.6. The van der Waals surface area contributed by atoms with Crippen LogP contribution in [-0.2, 0) is 4.84 Å². The highest BCUT2D eigenvalue weighted by Gasteiger charge is 2.42. The molecule has 4 nitrogen and oxygen atoms in total. The number of thiocarbonyl (C=S) groups is 1. The van der Waals surface area contributed by atoms with Crippen molar-refractivity contribution in [2.45, 2.75) is 57.0 Å². The molecule has 1 saturated heterocycles. The van der Waals surface area contributed by atoms with E-state index in [1.54, 1.807) is 0 Å². The van der Waals surface area contributed by atoms with E-state index >= 15 is 0 Å². The van der Waals surface area contributed by atoms with Crippen molar-refractivity contribution in [2.75, 3.05) is 19.6 Å². The number of likely N-dealkylation sites (tertiary alicyclic amines) is 1. The summed E-state index contributed by atoms with van der Waals surface area (Å²) in [6.07, 6.45) is 9.61. The number of halogens is 1. The van der Waals surface area contributed by atoms with Crippen LogP contribution in [-0.4, -0.2) is 41.0 Å². The standard InChI is InChI=1S/C21H28ClN3OS/c22-18-8-6-17(7-9-18)19-14-21(26-24-19)10-12-25(13-11-21)20(27)23-15-16-4-2-1-3-5-16/h6-9,16H,1-5,10-15H2,(H,23,27). The van der Waals surface area contributed by atoms with Gasteiger partial charge in [-0.15, -0.1) is 0 Å². The Kier molecular flexibility index (Phi) is 5.88. The molecule has 2 fully saturated rings. The fraction of sp³-hybridized carbons (Fsp3) is 0.619. The SMILES string of the molecule is S=C(NCC1CCCCC1)N1CCC2(CC1)CC(c1ccc(Cl)cc1)=NO2. The zero-order valence-corrected chi connectivity index (χ0v) is 17.3. The minimum atomic E-state index is -0.162. The van der Waals surface area contributed by atoms with Gasteiger partial charge in [-0.3, -0.25) is 0 Å². The molecule has 146 valence electrons. The van der Waals surface area contributed by atoms with Gasteiger partial charge in [0, 0.05) is 43.9 Å². The van der Waals surface area contributed by atoms with Crippen molar-refractivity contribution in [1.82, 2.24) is 10.2 Å². The lowest BCUT2D eigenvalue weighted by atomic mass is 9.85. The summed E-state index contributed by atoms with van der Waals surface area (Å²) in [6.45, 7) is 2.89. The molecule has 0 amide bonds. The molecule has 2 heterocycles. The number of nitrogens with zero attached hydrogens (tertiary/aromatic N) is 2. The predicted molar refractivity (Wildman–Crippen MR) is 114 cm³/mol. The molecule has 1 spiro atoms. The Morgan fingerprint density at radius 2 is 1.89 bits per heavy atom. The van der Waals surface area contributed by atoms with Crippen molar-refractivity contribution in [1.29, 1.82) is 0 Å². The van der Waals surface area contributed by atoms with Gasteiger partial charge in [-0.2, -0.15) is 0 Å². The van der Waals surface area contributed by atoms with Crippen LogP contribution in [0, 0.1) is 5.92 Å². The van der Waals surface area contributed by atoms with Gasteiger partial charge in [-0.1, -0.05) is 48.2 Å². The molecule has 1 N–H and O–H groups in total. The average Bonchev–Trinajstić information content (AvgIpc) is 3.11. The molecule has 3 aliphatic rings. The van der Waals surface area contributed by atoms with Crippen molar-refractivity contribution < 1.29 is 4.84 Å². The van der Waals surface area contributed by atoms with Gasteiger partial charge >= 0.3 is 0 Å². The molecule has 27 heavy (non-hydrogen) atoms. The van der Waals surface area contributed by atoms with Gasteiger partial charge in [-0.25, -0.2) is 0 Å². The first-order valence-corrected chi connectivity index (χ1v) is 11.0. The Bertz CT molecular complexity index is 692. The van der Waals surface area contributed by atoms with Gasteiger partial charge in [0.2, 0.25) is 0 Å². The Morgan fingerprint density at radius 1 is 1.19 bits per heavy atom. The van der Waals surface area contributed by atoms with Crippen molar-refractivity contribution in [3.05, 3.63) is 34.9 Å². The van der Waals surface area contributed by atoms with Gasteiger partial charge in [0.15, 0.2) is 5.11 Å². The smallest absolute Gasteiger partial charge is 0.168 e. The van der Waals surface area contributed by atoms with E-state index in [-0.39, 0.29) is 5.60 Å². The van der Waals surface area contributed by atoms with Crippen molar-refractivity contribution in [2.24, 2.45) is 11.1 Å². The second kappa shape index (κ2) is 8.36. The molecule has 1 aromatic carbocycles. The molecular weight excluding hydrogens is 378 g/mol. The van der Waals surface area contributed by atoms with Crippen LogP contribution >= 0.6 is 23.8 Å². The maximum Gasteiger partial charge on any atom is 0.168 e. The third-order valence-corrected chi connectivity index (χ3v) is 6.90. The van der Waals surface area contributed by atoms with Gasteiger partial charge < -0.3 is 15.1 Å². The second-order valence-electron chi connectivity index (χ2n) is 8.17. The number of piperidine rings is 1. The molecule has 0 radical (unpaired) electrons. The number of hydrogen-bond acceptors (Lipinski definition) is 3. The second-order valence-corrected chi connectivity index (χ2v) is 9.00. The van der Waals surface area contributed by atoms with Crippen LogP contribution in [0.15, 0.2) is 29.4 Å². The van der Waals surface area contributed by atoms with Gasteiger partial charge in [0.25, 0.3) is 0 Å². The summed E-state index contributed by atoms with van der Waals surface area (Å²) in [5.74, 6) is 0.793. The summed E-state index contributed by atoms with van der Waals surface area (Å²) in [5.41, 5.74) is 1.96. The molecule has 1 saturated carbocycles. The Labute approximate surface area is 172 Å². The summed E-state index contributed by atoms with van der Waals surface area (Å²) in [7, 11) is 0. The fourth-order valence-electron chi connectivity index (χ4n) is 4.44. The zero-order chi connectivity index (χ0) is 18.7. The molecule has 0 bridgehead atoms. The quantitative estimate of drug-likeness (QED) is 0.736. The molecule has 0 atom stereocenters. The Morgan fingerprint density at radius 3 is 2.59 bits per heavy atom. The molecule has 4 rings (SSSR count). The number of hydrogen-bond donors (Lipinski definition) is 1. The minimum Gasteiger partial charge on any atom is -0.388 e. The lowest BCUT2D eigenvalue weighted by molar-refractivity contribution is -0.0524.